The van der Waals surface area contributed by atoms with Crippen molar-refractivity contribution in [3.8, 4) is 28.5 Å². The van der Waals surface area contributed by atoms with Gasteiger partial charge in [0.15, 0.2) is 11.5 Å². The van der Waals surface area contributed by atoms with E-state index in [2.05, 4.69) is 10.3 Å². The molecule has 7 nitrogen and oxygen atoms in total. The fourth-order valence-electron chi connectivity index (χ4n) is 3.27. The minimum Gasteiger partial charge on any atom is -0.493 e. The predicted molar refractivity (Wildman–Crippen MR) is 113 cm³/mol. The summed E-state index contributed by atoms with van der Waals surface area (Å²) >= 11 is 0. The third-order valence-corrected chi connectivity index (χ3v) is 4.71. The highest BCUT2D eigenvalue weighted by atomic mass is 16.5. The van der Waals surface area contributed by atoms with Crippen molar-refractivity contribution in [2.45, 2.75) is 13.5 Å². The van der Waals surface area contributed by atoms with Crippen LogP contribution in [0.15, 0.2) is 42.5 Å². The maximum Gasteiger partial charge on any atom is 0.250 e. The topological polar surface area (TPSA) is 98.6 Å². The molecule has 29 heavy (non-hydrogen) atoms. The average molecular weight is 395 g/mol. The van der Waals surface area contributed by atoms with Crippen molar-refractivity contribution in [2.24, 2.45) is 5.73 Å². The van der Waals surface area contributed by atoms with Gasteiger partial charge in [-0.15, -0.1) is 0 Å². The fraction of sp³-hybridized carbons (Fsp3) is 0.227. The van der Waals surface area contributed by atoms with Gasteiger partial charge in [0.25, 0.3) is 5.91 Å². The molecule has 2 aromatic carbocycles. The average Bonchev–Trinajstić information content (AvgIpc) is 3.13. The number of carbonyl (C=O) groups excluding carboxylic acids is 1. The van der Waals surface area contributed by atoms with Crippen LogP contribution in [-0.4, -0.2) is 32.2 Å². The first kappa shape index (κ1) is 20.1. The normalized spacial score (nSPS) is 10.5. The zero-order chi connectivity index (χ0) is 21.0. The Morgan fingerprint density at radius 2 is 1.69 bits per heavy atom. The van der Waals surface area contributed by atoms with Gasteiger partial charge in [0.1, 0.15) is 0 Å². The maximum absolute atomic E-state index is 11.6. The van der Waals surface area contributed by atoms with Crippen LogP contribution >= 0.6 is 0 Å². The van der Waals surface area contributed by atoms with Crippen LogP contribution in [0.2, 0.25) is 0 Å². The van der Waals surface area contributed by atoms with Crippen LogP contribution in [0.3, 0.4) is 0 Å². The van der Waals surface area contributed by atoms with Crippen LogP contribution in [0, 0.1) is 6.92 Å². The van der Waals surface area contributed by atoms with E-state index in [1.807, 2.05) is 43.3 Å². The number of rotatable bonds is 8. The molecule has 0 aliphatic rings. The largest absolute Gasteiger partial charge is 0.493 e. The highest BCUT2D eigenvalue weighted by Crippen LogP contribution is 2.38. The molecule has 1 heterocycles. The van der Waals surface area contributed by atoms with Crippen LogP contribution < -0.4 is 25.3 Å². The lowest BCUT2D eigenvalue weighted by molar-refractivity contribution is 0.1000. The van der Waals surface area contributed by atoms with Crippen molar-refractivity contribution in [3.63, 3.8) is 0 Å². The third kappa shape index (κ3) is 4.13. The van der Waals surface area contributed by atoms with Gasteiger partial charge in [-0.2, -0.15) is 0 Å². The lowest BCUT2D eigenvalue weighted by Crippen LogP contribution is -2.10. The molecule has 152 valence electrons. The first-order chi connectivity index (χ1) is 14.0. The standard InChI is InChI=1S/C22H25N3O4/c1-13-16(22(23)26)11-18(25-13)15-7-5-6-8-17(15)24-12-14-9-19(27-2)21(29-4)20(10-14)28-3/h5-11,24-25H,12H2,1-4H3,(H2,23,26). The number of aryl methyl sites for hydroxylation is 1. The summed E-state index contributed by atoms with van der Waals surface area (Å²) in [5.74, 6) is 1.30. The summed E-state index contributed by atoms with van der Waals surface area (Å²) in [4.78, 5) is 14.8. The van der Waals surface area contributed by atoms with Crippen molar-refractivity contribution in [1.82, 2.24) is 4.98 Å². The first-order valence-electron chi connectivity index (χ1n) is 9.10. The number of hydrogen-bond donors (Lipinski definition) is 3. The van der Waals surface area contributed by atoms with Crippen molar-refractivity contribution in [3.05, 3.63) is 59.3 Å². The van der Waals surface area contributed by atoms with Gasteiger partial charge < -0.3 is 30.2 Å². The van der Waals surface area contributed by atoms with Crippen molar-refractivity contribution in [2.75, 3.05) is 26.6 Å². The Labute approximate surface area is 169 Å². The summed E-state index contributed by atoms with van der Waals surface area (Å²) in [5, 5.41) is 3.44. The van der Waals surface area contributed by atoms with Gasteiger partial charge in [-0.3, -0.25) is 4.79 Å². The molecule has 0 radical (unpaired) electrons. The molecule has 0 aliphatic carbocycles. The van der Waals surface area contributed by atoms with E-state index in [0.717, 1.165) is 28.2 Å². The van der Waals surface area contributed by atoms with E-state index in [1.54, 1.807) is 27.4 Å². The molecular formula is C22H25N3O4. The minimum atomic E-state index is -0.451. The summed E-state index contributed by atoms with van der Waals surface area (Å²) in [6.45, 7) is 2.37. The molecule has 0 bridgehead atoms. The van der Waals surface area contributed by atoms with E-state index in [4.69, 9.17) is 19.9 Å². The smallest absolute Gasteiger partial charge is 0.250 e. The molecule has 0 saturated carbocycles. The molecule has 0 aliphatic heterocycles. The number of hydrogen-bond acceptors (Lipinski definition) is 5. The zero-order valence-electron chi connectivity index (χ0n) is 17.0. The molecule has 0 fully saturated rings. The van der Waals surface area contributed by atoms with Crippen LogP contribution in [0.5, 0.6) is 17.2 Å². The van der Waals surface area contributed by atoms with E-state index >= 15 is 0 Å². The van der Waals surface area contributed by atoms with E-state index in [-0.39, 0.29) is 0 Å². The lowest BCUT2D eigenvalue weighted by Gasteiger charge is -2.16. The Kier molecular flexibility index (Phi) is 5.97. The second-order valence-electron chi connectivity index (χ2n) is 6.52. The SMILES string of the molecule is COc1cc(CNc2ccccc2-c2cc(C(N)=O)c(C)[nH]2)cc(OC)c1OC. The van der Waals surface area contributed by atoms with Gasteiger partial charge in [0.2, 0.25) is 5.75 Å². The number of primary amides is 1. The molecule has 0 atom stereocenters. The summed E-state index contributed by atoms with van der Waals surface area (Å²) in [6, 6.07) is 13.4. The second kappa shape index (κ2) is 8.60. The number of H-pyrrole nitrogens is 1. The molecule has 7 heteroatoms. The Hall–Kier alpha value is -3.61. The number of carbonyl (C=O) groups is 1. The minimum absolute atomic E-state index is 0.451. The third-order valence-electron chi connectivity index (χ3n) is 4.71. The quantitative estimate of drug-likeness (QED) is 0.540. The van der Waals surface area contributed by atoms with Crippen LogP contribution in [-0.2, 0) is 6.54 Å². The summed E-state index contributed by atoms with van der Waals surface area (Å²) < 4.78 is 16.2. The molecule has 0 unspecified atom stereocenters. The fourth-order valence-corrected chi connectivity index (χ4v) is 3.27. The van der Waals surface area contributed by atoms with E-state index in [1.165, 1.54) is 0 Å². The van der Waals surface area contributed by atoms with Gasteiger partial charge in [-0.05, 0) is 36.8 Å². The van der Waals surface area contributed by atoms with Crippen LogP contribution in [0.4, 0.5) is 5.69 Å². The van der Waals surface area contributed by atoms with Crippen molar-refractivity contribution < 1.29 is 19.0 Å². The number of anilines is 1. The van der Waals surface area contributed by atoms with Crippen molar-refractivity contribution in [1.29, 1.82) is 0 Å². The molecule has 3 rings (SSSR count). The van der Waals surface area contributed by atoms with Crippen LogP contribution in [0.1, 0.15) is 21.6 Å². The monoisotopic (exact) mass is 395 g/mol. The lowest BCUT2D eigenvalue weighted by atomic mass is 10.1. The molecule has 0 spiro atoms. The summed E-state index contributed by atoms with van der Waals surface area (Å²) in [5.41, 5.74) is 10.3. The number of nitrogens with two attached hydrogens (primary N) is 1. The number of methoxy groups -OCH3 is 3. The van der Waals surface area contributed by atoms with E-state index in [9.17, 15) is 4.79 Å². The second-order valence-corrected chi connectivity index (χ2v) is 6.52. The molecule has 0 saturated heterocycles. The zero-order valence-corrected chi connectivity index (χ0v) is 17.0. The Bertz CT molecular complexity index is 1000. The first-order valence-corrected chi connectivity index (χ1v) is 9.10. The highest BCUT2D eigenvalue weighted by Gasteiger charge is 2.15. The van der Waals surface area contributed by atoms with Gasteiger partial charge in [0, 0.05) is 29.2 Å². The number of nitrogens with one attached hydrogen (secondary N) is 2. The molecule has 1 aromatic heterocycles. The summed E-state index contributed by atoms with van der Waals surface area (Å²) in [7, 11) is 4.76. The number of aromatic amines is 1. The maximum atomic E-state index is 11.6. The van der Waals surface area contributed by atoms with Gasteiger partial charge in [0.05, 0.1) is 26.9 Å². The molecule has 4 N–H and O–H groups in total. The summed E-state index contributed by atoms with van der Waals surface area (Å²) in [6.07, 6.45) is 0. The number of ether oxygens (including phenoxy) is 3. The van der Waals surface area contributed by atoms with Crippen LogP contribution in [0.25, 0.3) is 11.3 Å². The Balaban J connectivity index is 1.89. The number of para-hydroxylation sites is 1. The molecule has 1 amide bonds. The van der Waals surface area contributed by atoms with Crippen molar-refractivity contribution >= 4 is 11.6 Å². The number of amides is 1. The van der Waals surface area contributed by atoms with Gasteiger partial charge in [-0.1, -0.05) is 18.2 Å². The Morgan fingerprint density at radius 1 is 1.03 bits per heavy atom. The highest BCUT2D eigenvalue weighted by molar-refractivity contribution is 5.96. The number of aromatic nitrogens is 1. The van der Waals surface area contributed by atoms with Gasteiger partial charge >= 0.3 is 0 Å². The van der Waals surface area contributed by atoms with E-state index in [0.29, 0.717) is 29.4 Å². The van der Waals surface area contributed by atoms with E-state index < -0.39 is 5.91 Å². The van der Waals surface area contributed by atoms with Gasteiger partial charge in [-0.25, -0.2) is 0 Å². The molecular weight excluding hydrogens is 370 g/mol. The predicted octanol–water partition coefficient (Wildman–Crippen LogP) is 3.73. The molecule has 3 aromatic rings. The number of benzene rings is 2. The Morgan fingerprint density at radius 3 is 2.24 bits per heavy atom.